The van der Waals surface area contributed by atoms with E-state index in [2.05, 4.69) is 15.6 Å². The number of hydrogen-bond acceptors (Lipinski definition) is 4. The number of carbonyl (C=O) groups excluding carboxylic acids is 1. The number of rotatable bonds is 3. The van der Waals surface area contributed by atoms with Crippen LogP contribution in [0.1, 0.15) is 20.8 Å². The Morgan fingerprint density at radius 1 is 1.09 bits per heavy atom. The highest BCUT2D eigenvalue weighted by Crippen LogP contribution is 2.19. The van der Waals surface area contributed by atoms with Crippen LogP contribution in [0.2, 0.25) is 5.02 Å². The van der Waals surface area contributed by atoms with Gasteiger partial charge in [0.25, 0.3) is 0 Å². The van der Waals surface area contributed by atoms with Gasteiger partial charge >= 0.3 is 6.09 Å². The number of anilines is 3. The van der Waals surface area contributed by atoms with E-state index < -0.39 is 11.7 Å². The zero-order chi connectivity index (χ0) is 16.2. The highest BCUT2D eigenvalue weighted by molar-refractivity contribution is 6.30. The number of ether oxygens (including phenoxy) is 1. The molecule has 116 valence electrons. The van der Waals surface area contributed by atoms with Crippen molar-refractivity contribution in [1.82, 2.24) is 4.98 Å². The molecular weight excluding hydrogens is 302 g/mol. The lowest BCUT2D eigenvalue weighted by Crippen LogP contribution is -2.27. The summed E-state index contributed by atoms with van der Waals surface area (Å²) in [6.45, 7) is 5.43. The van der Waals surface area contributed by atoms with E-state index in [0.29, 0.717) is 16.5 Å². The molecule has 6 heteroatoms. The third-order valence-electron chi connectivity index (χ3n) is 2.53. The minimum absolute atomic E-state index is 0.507. The number of amides is 1. The van der Waals surface area contributed by atoms with Crippen molar-refractivity contribution in [2.75, 3.05) is 10.6 Å². The molecule has 0 spiro atoms. The van der Waals surface area contributed by atoms with E-state index in [1.807, 2.05) is 32.9 Å². The molecule has 0 saturated heterocycles. The van der Waals surface area contributed by atoms with Crippen LogP contribution in [0.15, 0.2) is 42.6 Å². The van der Waals surface area contributed by atoms with Crippen molar-refractivity contribution in [3.8, 4) is 0 Å². The molecular formula is C16H18ClN3O2. The van der Waals surface area contributed by atoms with Gasteiger partial charge in [0.1, 0.15) is 11.4 Å². The molecule has 0 aliphatic carbocycles. The molecule has 0 fully saturated rings. The zero-order valence-corrected chi connectivity index (χ0v) is 13.4. The van der Waals surface area contributed by atoms with Crippen molar-refractivity contribution in [1.29, 1.82) is 0 Å². The standard InChI is InChI=1S/C16H18ClN3O2/c1-16(2,3)22-15(21)20-13-8-9-14(18-10-13)19-12-6-4-11(17)5-7-12/h4-10H,1-3H3,(H,18,19)(H,20,21). The van der Waals surface area contributed by atoms with Crippen LogP contribution in [0.25, 0.3) is 0 Å². The Labute approximate surface area is 134 Å². The fourth-order valence-electron chi connectivity index (χ4n) is 1.64. The summed E-state index contributed by atoms with van der Waals surface area (Å²) in [4.78, 5) is 15.9. The Bertz CT molecular complexity index is 634. The minimum Gasteiger partial charge on any atom is -0.444 e. The lowest BCUT2D eigenvalue weighted by atomic mass is 10.2. The molecule has 2 aromatic rings. The quantitative estimate of drug-likeness (QED) is 0.850. The van der Waals surface area contributed by atoms with Gasteiger partial charge in [0.05, 0.1) is 11.9 Å². The Morgan fingerprint density at radius 2 is 1.73 bits per heavy atom. The van der Waals surface area contributed by atoms with Crippen LogP contribution in [0, 0.1) is 0 Å². The number of nitrogens with one attached hydrogen (secondary N) is 2. The Morgan fingerprint density at radius 3 is 2.27 bits per heavy atom. The third kappa shape index (κ3) is 5.26. The summed E-state index contributed by atoms with van der Waals surface area (Å²) in [6, 6.07) is 10.8. The highest BCUT2D eigenvalue weighted by Gasteiger charge is 2.16. The second kappa shape index (κ2) is 6.66. The van der Waals surface area contributed by atoms with Crippen molar-refractivity contribution >= 4 is 34.9 Å². The molecule has 22 heavy (non-hydrogen) atoms. The summed E-state index contributed by atoms with van der Waals surface area (Å²) >= 11 is 5.83. The van der Waals surface area contributed by atoms with Gasteiger partial charge in [-0.3, -0.25) is 5.32 Å². The number of aromatic nitrogens is 1. The first-order chi connectivity index (χ1) is 10.3. The monoisotopic (exact) mass is 319 g/mol. The first kappa shape index (κ1) is 16.1. The van der Waals surface area contributed by atoms with Crippen molar-refractivity contribution in [2.45, 2.75) is 26.4 Å². The van der Waals surface area contributed by atoms with E-state index in [9.17, 15) is 4.79 Å². The Hall–Kier alpha value is -2.27. The normalized spacial score (nSPS) is 10.9. The van der Waals surface area contributed by atoms with Crippen LogP contribution in [0.5, 0.6) is 0 Å². The van der Waals surface area contributed by atoms with Crippen molar-refractivity contribution in [2.24, 2.45) is 0 Å². The van der Waals surface area contributed by atoms with Crippen LogP contribution >= 0.6 is 11.6 Å². The predicted molar refractivity (Wildman–Crippen MR) is 88.8 cm³/mol. The van der Waals surface area contributed by atoms with Gasteiger partial charge in [0.2, 0.25) is 0 Å². The summed E-state index contributed by atoms with van der Waals surface area (Å²) in [5.74, 6) is 0.664. The lowest BCUT2D eigenvalue weighted by Gasteiger charge is -2.19. The number of nitrogens with zero attached hydrogens (tertiary/aromatic N) is 1. The van der Waals surface area contributed by atoms with Gasteiger partial charge in [-0.05, 0) is 57.2 Å². The molecule has 0 atom stereocenters. The van der Waals surface area contributed by atoms with E-state index in [1.165, 1.54) is 0 Å². The SMILES string of the molecule is CC(C)(C)OC(=O)Nc1ccc(Nc2ccc(Cl)cc2)nc1. The maximum atomic E-state index is 11.6. The number of benzene rings is 1. The highest BCUT2D eigenvalue weighted by atomic mass is 35.5. The van der Waals surface area contributed by atoms with E-state index in [1.54, 1.807) is 30.5 Å². The molecule has 2 rings (SSSR count). The van der Waals surface area contributed by atoms with Gasteiger partial charge in [-0.2, -0.15) is 0 Å². The topological polar surface area (TPSA) is 63.2 Å². The number of halogens is 1. The zero-order valence-electron chi connectivity index (χ0n) is 12.7. The first-order valence-corrected chi connectivity index (χ1v) is 7.18. The van der Waals surface area contributed by atoms with Gasteiger partial charge in [-0.25, -0.2) is 9.78 Å². The molecule has 1 amide bonds. The summed E-state index contributed by atoms with van der Waals surface area (Å²) < 4.78 is 5.17. The van der Waals surface area contributed by atoms with Crippen LogP contribution in [-0.4, -0.2) is 16.7 Å². The molecule has 0 aliphatic heterocycles. The Kier molecular flexibility index (Phi) is 4.88. The second-order valence-electron chi connectivity index (χ2n) is 5.69. The lowest BCUT2D eigenvalue weighted by molar-refractivity contribution is 0.0636. The van der Waals surface area contributed by atoms with Crippen LogP contribution in [-0.2, 0) is 4.74 Å². The molecule has 0 saturated carbocycles. The Balaban J connectivity index is 1.95. The van der Waals surface area contributed by atoms with Crippen LogP contribution in [0.4, 0.5) is 22.0 Å². The summed E-state index contributed by atoms with van der Waals surface area (Å²) in [7, 11) is 0. The third-order valence-corrected chi connectivity index (χ3v) is 2.78. The van der Waals surface area contributed by atoms with E-state index in [4.69, 9.17) is 16.3 Å². The van der Waals surface area contributed by atoms with Crippen LogP contribution < -0.4 is 10.6 Å². The molecule has 2 N–H and O–H groups in total. The summed E-state index contributed by atoms with van der Waals surface area (Å²) in [5, 5.41) is 6.44. The maximum absolute atomic E-state index is 11.6. The fraction of sp³-hybridized carbons (Fsp3) is 0.250. The molecule has 0 aliphatic rings. The van der Waals surface area contributed by atoms with Gasteiger partial charge in [-0.15, -0.1) is 0 Å². The maximum Gasteiger partial charge on any atom is 0.412 e. The summed E-state index contributed by atoms with van der Waals surface area (Å²) in [5.41, 5.74) is 0.911. The van der Waals surface area contributed by atoms with Gasteiger partial charge in [0.15, 0.2) is 0 Å². The van der Waals surface area contributed by atoms with Crippen molar-refractivity contribution < 1.29 is 9.53 Å². The van der Waals surface area contributed by atoms with E-state index in [0.717, 1.165) is 5.69 Å². The number of hydrogen-bond donors (Lipinski definition) is 2. The average Bonchev–Trinajstić information content (AvgIpc) is 2.41. The molecule has 1 heterocycles. The molecule has 1 aromatic carbocycles. The van der Waals surface area contributed by atoms with Gasteiger partial charge in [-0.1, -0.05) is 11.6 Å². The molecule has 1 aromatic heterocycles. The van der Waals surface area contributed by atoms with Crippen LogP contribution in [0.3, 0.4) is 0 Å². The average molecular weight is 320 g/mol. The molecule has 0 bridgehead atoms. The smallest absolute Gasteiger partial charge is 0.412 e. The van der Waals surface area contributed by atoms with Gasteiger partial charge in [0, 0.05) is 10.7 Å². The number of pyridine rings is 1. The molecule has 0 unspecified atom stereocenters. The summed E-state index contributed by atoms with van der Waals surface area (Å²) in [6.07, 6.45) is 1.05. The largest absolute Gasteiger partial charge is 0.444 e. The van der Waals surface area contributed by atoms with E-state index in [-0.39, 0.29) is 0 Å². The van der Waals surface area contributed by atoms with Crippen molar-refractivity contribution in [3.05, 3.63) is 47.6 Å². The number of carbonyl (C=O) groups is 1. The van der Waals surface area contributed by atoms with Gasteiger partial charge < -0.3 is 10.1 Å². The minimum atomic E-state index is -0.534. The predicted octanol–water partition coefficient (Wildman–Crippen LogP) is 4.83. The molecule has 5 nitrogen and oxygen atoms in total. The van der Waals surface area contributed by atoms with Crippen molar-refractivity contribution in [3.63, 3.8) is 0 Å². The van der Waals surface area contributed by atoms with E-state index >= 15 is 0 Å². The molecule has 0 radical (unpaired) electrons. The fourth-order valence-corrected chi connectivity index (χ4v) is 1.77. The second-order valence-corrected chi connectivity index (χ2v) is 6.13. The first-order valence-electron chi connectivity index (χ1n) is 6.80.